The summed E-state index contributed by atoms with van der Waals surface area (Å²) < 4.78 is 0.931. The Morgan fingerprint density at radius 2 is 1.71 bits per heavy atom. The van der Waals surface area contributed by atoms with Gasteiger partial charge in [-0.15, -0.1) is 0 Å². The van der Waals surface area contributed by atoms with Crippen LogP contribution in [0.2, 0.25) is 0 Å². The molecule has 1 unspecified atom stereocenters. The highest BCUT2D eigenvalue weighted by molar-refractivity contribution is 9.10. The molecule has 2 aromatic rings. The number of carbonyl (C=O) groups excluding carboxylic acids is 2. The molecule has 0 aromatic heterocycles. The van der Waals surface area contributed by atoms with Crippen LogP contribution < -0.4 is 9.80 Å². The van der Waals surface area contributed by atoms with Crippen LogP contribution in [0.1, 0.15) is 17.5 Å². The van der Waals surface area contributed by atoms with Crippen LogP contribution in [0.15, 0.2) is 53.0 Å². The molecule has 122 valence electrons. The van der Waals surface area contributed by atoms with Crippen LogP contribution in [0.4, 0.5) is 5.69 Å². The summed E-state index contributed by atoms with van der Waals surface area (Å²) >= 11 is 3.38. The number of rotatable bonds is 2. The van der Waals surface area contributed by atoms with Gasteiger partial charge in [-0.3, -0.25) is 9.59 Å². The molecule has 0 saturated carbocycles. The molecule has 0 bridgehead atoms. The van der Waals surface area contributed by atoms with E-state index in [1.165, 1.54) is 20.9 Å². The first-order valence-electron chi connectivity index (χ1n) is 8.17. The lowest BCUT2D eigenvalue weighted by Gasteiger charge is -2.29. The first kappa shape index (κ1) is 15.5. The number of carbonyl (C=O) groups is 2. The molecule has 2 atom stereocenters. The van der Waals surface area contributed by atoms with Crippen molar-refractivity contribution < 1.29 is 14.5 Å². The first-order valence-corrected chi connectivity index (χ1v) is 8.96. The van der Waals surface area contributed by atoms with E-state index in [9.17, 15) is 9.59 Å². The quantitative estimate of drug-likeness (QED) is 0.799. The minimum Gasteiger partial charge on any atom is -0.320 e. The van der Waals surface area contributed by atoms with Gasteiger partial charge in [-0.25, -0.2) is 4.90 Å². The topological polar surface area (TPSA) is 41.8 Å². The van der Waals surface area contributed by atoms with Crippen molar-refractivity contribution >= 4 is 33.4 Å². The predicted octanol–water partition coefficient (Wildman–Crippen LogP) is 1.72. The third kappa shape index (κ3) is 2.68. The van der Waals surface area contributed by atoms with E-state index in [1.807, 2.05) is 30.3 Å². The van der Waals surface area contributed by atoms with Crippen molar-refractivity contribution in [3.05, 3.63) is 64.1 Å². The highest BCUT2D eigenvalue weighted by Gasteiger charge is 2.46. The van der Waals surface area contributed by atoms with Gasteiger partial charge in [-0.1, -0.05) is 40.2 Å². The predicted molar refractivity (Wildman–Crippen MR) is 94.7 cm³/mol. The molecule has 2 amide bonds. The summed E-state index contributed by atoms with van der Waals surface area (Å²) in [6, 6.07) is 15.4. The van der Waals surface area contributed by atoms with Gasteiger partial charge >= 0.3 is 0 Å². The summed E-state index contributed by atoms with van der Waals surface area (Å²) in [5.41, 5.74) is 3.32. The molecule has 4 rings (SSSR count). The summed E-state index contributed by atoms with van der Waals surface area (Å²) in [6.07, 6.45) is 1.26. The number of amides is 2. The normalized spacial score (nSPS) is 23.5. The number of quaternary nitrogens is 1. The molecule has 24 heavy (non-hydrogen) atoms. The first-order chi connectivity index (χ1) is 11.6. The van der Waals surface area contributed by atoms with Crippen LogP contribution in [0.5, 0.6) is 0 Å². The van der Waals surface area contributed by atoms with Gasteiger partial charge in [0.2, 0.25) is 5.91 Å². The monoisotopic (exact) mass is 385 g/mol. The van der Waals surface area contributed by atoms with Gasteiger partial charge in [0.05, 0.1) is 18.7 Å². The second-order valence-electron chi connectivity index (χ2n) is 6.40. The molecule has 1 N–H and O–H groups in total. The van der Waals surface area contributed by atoms with E-state index < -0.39 is 0 Å². The Morgan fingerprint density at radius 3 is 2.46 bits per heavy atom. The summed E-state index contributed by atoms with van der Waals surface area (Å²) in [7, 11) is 0. The summed E-state index contributed by atoms with van der Waals surface area (Å²) in [6.45, 7) is 1.71. The van der Waals surface area contributed by atoms with Crippen molar-refractivity contribution in [2.75, 3.05) is 11.4 Å². The number of halogens is 1. The van der Waals surface area contributed by atoms with Gasteiger partial charge in [0.25, 0.3) is 5.91 Å². The van der Waals surface area contributed by atoms with Crippen molar-refractivity contribution in [1.82, 2.24) is 0 Å². The Morgan fingerprint density at radius 1 is 1.00 bits per heavy atom. The number of imide groups is 1. The van der Waals surface area contributed by atoms with E-state index in [0.29, 0.717) is 12.1 Å². The van der Waals surface area contributed by atoms with Crippen molar-refractivity contribution in [2.45, 2.75) is 25.4 Å². The van der Waals surface area contributed by atoms with Crippen molar-refractivity contribution in [2.24, 2.45) is 0 Å². The Hall–Kier alpha value is -1.98. The molecule has 0 aliphatic carbocycles. The van der Waals surface area contributed by atoms with Crippen LogP contribution in [0.3, 0.4) is 0 Å². The molecule has 0 radical (unpaired) electrons. The van der Waals surface area contributed by atoms with Gasteiger partial charge < -0.3 is 4.90 Å². The highest BCUT2D eigenvalue weighted by atomic mass is 79.9. The van der Waals surface area contributed by atoms with E-state index in [4.69, 9.17) is 0 Å². The molecule has 2 aliphatic rings. The lowest BCUT2D eigenvalue weighted by molar-refractivity contribution is -0.930. The van der Waals surface area contributed by atoms with E-state index in [0.717, 1.165) is 24.0 Å². The number of anilines is 1. The van der Waals surface area contributed by atoms with Gasteiger partial charge in [0, 0.05) is 16.5 Å². The molecule has 2 heterocycles. The zero-order chi connectivity index (χ0) is 16.7. The second kappa shape index (κ2) is 6.15. The Balaban J connectivity index is 1.57. The van der Waals surface area contributed by atoms with Crippen LogP contribution in [-0.2, 0) is 22.6 Å². The number of fused-ring (bicyclic) bond motifs is 1. The summed E-state index contributed by atoms with van der Waals surface area (Å²) in [4.78, 5) is 27.9. The standard InChI is InChI=1S/C19H17BrN2O2/c20-15-5-7-16(8-6-15)22-18(23)11-17(19(22)24)21-10-9-13-3-1-2-4-14(13)12-21/h1-8,17H,9-12H2/p+1/t17-/m0/s1. The van der Waals surface area contributed by atoms with Crippen LogP contribution >= 0.6 is 15.9 Å². The lowest BCUT2D eigenvalue weighted by atomic mass is 9.98. The zero-order valence-corrected chi connectivity index (χ0v) is 14.8. The number of benzene rings is 2. The molecule has 5 heteroatoms. The number of hydrogen-bond donors (Lipinski definition) is 1. The average Bonchev–Trinajstić information content (AvgIpc) is 2.90. The third-order valence-electron chi connectivity index (χ3n) is 4.98. The maximum Gasteiger partial charge on any atom is 0.292 e. The third-order valence-corrected chi connectivity index (χ3v) is 5.50. The van der Waals surface area contributed by atoms with E-state index in [-0.39, 0.29) is 17.9 Å². The van der Waals surface area contributed by atoms with E-state index in [1.54, 1.807) is 0 Å². The SMILES string of the molecule is O=C1C[C@H]([NH+]2CCc3ccccc3C2)C(=O)N1c1ccc(Br)cc1. The van der Waals surface area contributed by atoms with Gasteiger partial charge in [0.15, 0.2) is 6.04 Å². The van der Waals surface area contributed by atoms with Gasteiger partial charge in [0.1, 0.15) is 6.54 Å². The van der Waals surface area contributed by atoms with Crippen LogP contribution in [0, 0.1) is 0 Å². The zero-order valence-electron chi connectivity index (χ0n) is 13.2. The summed E-state index contributed by atoms with van der Waals surface area (Å²) in [5.74, 6) is -0.171. The maximum absolute atomic E-state index is 12.9. The number of nitrogens with zero attached hydrogens (tertiary/aromatic N) is 1. The molecule has 1 fully saturated rings. The van der Waals surface area contributed by atoms with Crippen LogP contribution in [-0.4, -0.2) is 24.4 Å². The maximum atomic E-state index is 12.9. The van der Waals surface area contributed by atoms with Crippen molar-refractivity contribution in [3.63, 3.8) is 0 Å². The molecule has 4 nitrogen and oxygen atoms in total. The minimum atomic E-state index is -0.269. The van der Waals surface area contributed by atoms with E-state index in [2.05, 4.69) is 34.1 Å². The van der Waals surface area contributed by atoms with Crippen LogP contribution in [0.25, 0.3) is 0 Å². The molecule has 1 saturated heterocycles. The van der Waals surface area contributed by atoms with Gasteiger partial charge in [-0.05, 0) is 29.8 Å². The fourth-order valence-corrected chi connectivity index (χ4v) is 3.98. The Kier molecular flexibility index (Phi) is 3.98. The average molecular weight is 386 g/mol. The highest BCUT2D eigenvalue weighted by Crippen LogP contribution is 2.24. The smallest absolute Gasteiger partial charge is 0.292 e. The fraction of sp³-hybridized carbons (Fsp3) is 0.263. The van der Waals surface area contributed by atoms with Gasteiger partial charge in [-0.2, -0.15) is 0 Å². The molecule has 2 aliphatic heterocycles. The molecular formula is C19H18BrN2O2+. The second-order valence-corrected chi connectivity index (χ2v) is 7.32. The molecular weight excluding hydrogens is 368 g/mol. The van der Waals surface area contributed by atoms with Crippen molar-refractivity contribution in [1.29, 1.82) is 0 Å². The fourth-order valence-electron chi connectivity index (χ4n) is 3.71. The summed E-state index contributed by atoms with van der Waals surface area (Å²) in [5, 5.41) is 0. The molecule has 0 spiro atoms. The Bertz CT molecular complexity index is 803. The lowest BCUT2D eigenvalue weighted by Crippen LogP contribution is -3.16. The number of hydrogen-bond acceptors (Lipinski definition) is 2. The minimum absolute atomic E-state index is 0.0725. The number of nitrogens with one attached hydrogen (secondary N) is 1. The molecule has 2 aromatic carbocycles. The largest absolute Gasteiger partial charge is 0.320 e. The Labute approximate surface area is 149 Å². The van der Waals surface area contributed by atoms with Crippen molar-refractivity contribution in [3.8, 4) is 0 Å². The van der Waals surface area contributed by atoms with E-state index >= 15 is 0 Å².